The van der Waals surface area contributed by atoms with Crippen molar-refractivity contribution < 1.29 is 9.84 Å². The Morgan fingerprint density at radius 2 is 1.89 bits per heavy atom. The first-order valence-electron chi connectivity index (χ1n) is 7.47. The van der Waals surface area contributed by atoms with Crippen LogP contribution in [-0.4, -0.2) is 17.3 Å². The van der Waals surface area contributed by atoms with Crippen molar-refractivity contribution in [1.29, 1.82) is 0 Å². The van der Waals surface area contributed by atoms with Gasteiger partial charge in [-0.05, 0) is 42.9 Å². The standard InChI is InChI=1S/C17H28O2/c1-5-14(4)11-15-9-8-10-16(12-15)19-13-17(18,6-2)7-3/h8-10,12,14,18H,5-7,11,13H2,1-4H3/t14-/m0/s1. The predicted molar refractivity (Wildman–Crippen MR) is 80.6 cm³/mol. The molecule has 0 aromatic heterocycles. The van der Waals surface area contributed by atoms with E-state index in [0.29, 0.717) is 12.5 Å². The third-order valence-electron chi connectivity index (χ3n) is 4.00. The Kier molecular flexibility index (Phi) is 6.36. The Bertz CT molecular complexity index is 369. The monoisotopic (exact) mass is 264 g/mol. The van der Waals surface area contributed by atoms with Crippen LogP contribution in [0.5, 0.6) is 5.75 Å². The molecule has 0 heterocycles. The molecule has 0 bridgehead atoms. The Labute approximate surface area is 117 Å². The summed E-state index contributed by atoms with van der Waals surface area (Å²) < 4.78 is 5.76. The Balaban J connectivity index is 2.62. The molecule has 19 heavy (non-hydrogen) atoms. The van der Waals surface area contributed by atoms with Gasteiger partial charge in [-0.15, -0.1) is 0 Å². The predicted octanol–water partition coefficient (Wildman–Crippen LogP) is 4.21. The van der Waals surface area contributed by atoms with Crippen molar-refractivity contribution in [1.82, 2.24) is 0 Å². The van der Waals surface area contributed by atoms with Gasteiger partial charge in [-0.1, -0.05) is 46.2 Å². The summed E-state index contributed by atoms with van der Waals surface area (Å²) in [4.78, 5) is 0. The van der Waals surface area contributed by atoms with Gasteiger partial charge in [0.05, 0.1) is 5.60 Å². The summed E-state index contributed by atoms with van der Waals surface area (Å²) in [5.41, 5.74) is 0.607. The molecule has 0 amide bonds. The quantitative estimate of drug-likeness (QED) is 0.762. The van der Waals surface area contributed by atoms with Crippen LogP contribution in [0.25, 0.3) is 0 Å². The van der Waals surface area contributed by atoms with E-state index in [1.807, 2.05) is 26.0 Å². The van der Waals surface area contributed by atoms with E-state index in [-0.39, 0.29) is 0 Å². The molecule has 2 heteroatoms. The molecule has 108 valence electrons. The van der Waals surface area contributed by atoms with Crippen LogP contribution < -0.4 is 4.74 Å². The zero-order valence-electron chi connectivity index (χ0n) is 12.8. The number of hydrogen-bond acceptors (Lipinski definition) is 2. The zero-order chi connectivity index (χ0) is 14.3. The molecule has 0 aliphatic rings. The summed E-state index contributed by atoms with van der Waals surface area (Å²) in [5, 5.41) is 10.2. The van der Waals surface area contributed by atoms with Crippen LogP contribution >= 0.6 is 0 Å². The molecular weight excluding hydrogens is 236 g/mol. The van der Waals surface area contributed by atoms with Crippen LogP contribution in [0.2, 0.25) is 0 Å². The molecule has 1 atom stereocenters. The first-order chi connectivity index (χ1) is 9.03. The Morgan fingerprint density at radius 1 is 1.21 bits per heavy atom. The van der Waals surface area contributed by atoms with Crippen LogP contribution in [0.15, 0.2) is 24.3 Å². The van der Waals surface area contributed by atoms with Crippen LogP contribution in [-0.2, 0) is 6.42 Å². The van der Waals surface area contributed by atoms with E-state index < -0.39 is 5.60 Å². The highest BCUT2D eigenvalue weighted by atomic mass is 16.5. The van der Waals surface area contributed by atoms with Gasteiger partial charge in [0, 0.05) is 0 Å². The van der Waals surface area contributed by atoms with Crippen molar-refractivity contribution in [2.24, 2.45) is 5.92 Å². The average Bonchev–Trinajstić information content (AvgIpc) is 2.45. The topological polar surface area (TPSA) is 29.5 Å². The lowest BCUT2D eigenvalue weighted by molar-refractivity contribution is -0.0113. The summed E-state index contributed by atoms with van der Waals surface area (Å²) in [6, 6.07) is 8.23. The van der Waals surface area contributed by atoms with Gasteiger partial charge in [-0.25, -0.2) is 0 Å². The smallest absolute Gasteiger partial charge is 0.119 e. The van der Waals surface area contributed by atoms with Gasteiger partial charge in [-0.2, -0.15) is 0 Å². The van der Waals surface area contributed by atoms with Gasteiger partial charge in [-0.3, -0.25) is 0 Å². The fourth-order valence-corrected chi connectivity index (χ4v) is 1.98. The number of hydrogen-bond donors (Lipinski definition) is 1. The van der Waals surface area contributed by atoms with Gasteiger partial charge in [0.1, 0.15) is 12.4 Å². The molecule has 0 aliphatic heterocycles. The second kappa shape index (κ2) is 7.54. The second-order valence-electron chi connectivity index (χ2n) is 5.59. The summed E-state index contributed by atoms with van der Waals surface area (Å²) in [6.45, 7) is 8.83. The molecule has 1 rings (SSSR count). The fourth-order valence-electron chi connectivity index (χ4n) is 1.98. The fraction of sp³-hybridized carbons (Fsp3) is 0.647. The van der Waals surface area contributed by atoms with Gasteiger partial charge in [0.15, 0.2) is 0 Å². The highest BCUT2D eigenvalue weighted by Gasteiger charge is 2.23. The lowest BCUT2D eigenvalue weighted by Gasteiger charge is -2.25. The minimum atomic E-state index is -0.702. The Hall–Kier alpha value is -1.02. The van der Waals surface area contributed by atoms with E-state index in [1.165, 1.54) is 12.0 Å². The summed E-state index contributed by atoms with van der Waals surface area (Å²) >= 11 is 0. The minimum Gasteiger partial charge on any atom is -0.491 e. The molecule has 1 aromatic carbocycles. The largest absolute Gasteiger partial charge is 0.491 e. The maximum absolute atomic E-state index is 10.2. The van der Waals surface area contributed by atoms with Crippen LogP contribution in [0, 0.1) is 5.92 Å². The third kappa shape index (κ3) is 5.23. The van der Waals surface area contributed by atoms with Gasteiger partial charge in [0.25, 0.3) is 0 Å². The average molecular weight is 264 g/mol. The molecule has 0 radical (unpaired) electrons. The summed E-state index contributed by atoms with van der Waals surface area (Å²) in [7, 11) is 0. The minimum absolute atomic E-state index is 0.368. The molecule has 1 N–H and O–H groups in total. The van der Waals surface area contributed by atoms with E-state index >= 15 is 0 Å². The number of aliphatic hydroxyl groups is 1. The van der Waals surface area contributed by atoms with Gasteiger partial charge >= 0.3 is 0 Å². The lowest BCUT2D eigenvalue weighted by Crippen LogP contribution is -2.34. The zero-order valence-corrected chi connectivity index (χ0v) is 12.8. The van der Waals surface area contributed by atoms with Crippen molar-refractivity contribution in [3.05, 3.63) is 29.8 Å². The van der Waals surface area contributed by atoms with Gasteiger partial charge < -0.3 is 9.84 Å². The first kappa shape index (κ1) is 16.0. The molecule has 2 nitrogen and oxygen atoms in total. The highest BCUT2D eigenvalue weighted by Crippen LogP contribution is 2.21. The van der Waals surface area contributed by atoms with Crippen molar-refractivity contribution in [3.8, 4) is 5.75 Å². The molecule has 0 aliphatic carbocycles. The van der Waals surface area contributed by atoms with E-state index in [9.17, 15) is 5.11 Å². The molecule has 0 unspecified atom stereocenters. The number of rotatable bonds is 8. The highest BCUT2D eigenvalue weighted by molar-refractivity contribution is 5.28. The second-order valence-corrected chi connectivity index (χ2v) is 5.59. The summed E-state index contributed by atoms with van der Waals surface area (Å²) in [5.74, 6) is 1.56. The molecule has 0 saturated carbocycles. The molecule has 1 aromatic rings. The normalized spacial score (nSPS) is 13.3. The number of ether oxygens (including phenoxy) is 1. The molecule has 0 fully saturated rings. The molecule has 0 saturated heterocycles. The van der Waals surface area contributed by atoms with Gasteiger partial charge in [0.2, 0.25) is 0 Å². The maximum Gasteiger partial charge on any atom is 0.119 e. The van der Waals surface area contributed by atoms with Crippen molar-refractivity contribution in [2.45, 2.75) is 59.0 Å². The van der Waals surface area contributed by atoms with Crippen molar-refractivity contribution in [2.75, 3.05) is 6.61 Å². The van der Waals surface area contributed by atoms with E-state index in [4.69, 9.17) is 4.74 Å². The first-order valence-corrected chi connectivity index (χ1v) is 7.47. The van der Waals surface area contributed by atoms with E-state index in [1.54, 1.807) is 0 Å². The van der Waals surface area contributed by atoms with E-state index in [0.717, 1.165) is 25.0 Å². The lowest BCUT2D eigenvalue weighted by atomic mass is 9.98. The van der Waals surface area contributed by atoms with Crippen molar-refractivity contribution >= 4 is 0 Å². The maximum atomic E-state index is 10.2. The third-order valence-corrected chi connectivity index (χ3v) is 4.00. The Morgan fingerprint density at radius 3 is 2.47 bits per heavy atom. The molecular formula is C17H28O2. The van der Waals surface area contributed by atoms with Crippen LogP contribution in [0.1, 0.15) is 52.5 Å². The van der Waals surface area contributed by atoms with Crippen molar-refractivity contribution in [3.63, 3.8) is 0 Å². The number of benzene rings is 1. The summed E-state index contributed by atoms with van der Waals surface area (Å²) in [6.07, 6.45) is 3.71. The van der Waals surface area contributed by atoms with Crippen LogP contribution in [0.3, 0.4) is 0 Å². The SMILES string of the molecule is CC[C@H](C)Cc1cccc(OCC(O)(CC)CC)c1. The molecule has 0 spiro atoms. The van der Waals surface area contributed by atoms with E-state index in [2.05, 4.69) is 26.0 Å². The van der Waals surface area contributed by atoms with Crippen LogP contribution in [0.4, 0.5) is 0 Å².